The van der Waals surface area contributed by atoms with Crippen molar-refractivity contribution in [1.82, 2.24) is 9.88 Å². The number of rotatable bonds is 6. The number of imide groups is 1. The fourth-order valence-electron chi connectivity index (χ4n) is 3.55. The summed E-state index contributed by atoms with van der Waals surface area (Å²) in [6.45, 7) is -0.137. The van der Waals surface area contributed by atoms with E-state index >= 15 is 0 Å². The zero-order valence-electron chi connectivity index (χ0n) is 17.8. The summed E-state index contributed by atoms with van der Waals surface area (Å²) < 4.78 is 72.8. The van der Waals surface area contributed by atoms with Gasteiger partial charge in [0.1, 0.15) is 5.75 Å². The van der Waals surface area contributed by atoms with E-state index in [1.54, 1.807) is 12.1 Å². The van der Waals surface area contributed by atoms with Gasteiger partial charge in [-0.15, -0.1) is 0 Å². The smallest absolute Gasteiger partial charge is 0.417 e. The van der Waals surface area contributed by atoms with Crippen LogP contribution in [0.4, 0.5) is 18.9 Å². The Morgan fingerprint density at radius 2 is 1.80 bits per heavy atom. The maximum Gasteiger partial charge on any atom is 0.417 e. The van der Waals surface area contributed by atoms with Gasteiger partial charge < -0.3 is 4.74 Å². The number of halogens is 4. The molecule has 182 valence electrons. The molecule has 3 aromatic rings. The Labute approximate surface area is 202 Å². The molecule has 2 amide bonds. The topological polar surface area (TPSA) is 106 Å². The van der Waals surface area contributed by atoms with Gasteiger partial charge >= 0.3 is 6.18 Å². The molecular weight excluding hydrogens is 511 g/mol. The fraction of sp³-hybridized carbons (Fsp3) is 0.136. The number of anilines is 1. The lowest BCUT2D eigenvalue weighted by Gasteiger charge is -2.15. The average molecular weight is 526 g/mol. The van der Waals surface area contributed by atoms with E-state index < -0.39 is 43.5 Å². The number of ether oxygens (including phenoxy) is 1. The molecule has 0 saturated carbocycles. The Hall–Kier alpha value is -3.64. The summed E-state index contributed by atoms with van der Waals surface area (Å²) in [4.78, 5) is 30.3. The minimum absolute atomic E-state index is 0.0286. The van der Waals surface area contributed by atoms with E-state index in [9.17, 15) is 31.2 Å². The lowest BCUT2D eigenvalue weighted by molar-refractivity contribution is -0.137. The highest BCUT2D eigenvalue weighted by molar-refractivity contribution is 7.92. The van der Waals surface area contributed by atoms with Crippen LogP contribution in [0.2, 0.25) is 5.02 Å². The zero-order chi connectivity index (χ0) is 25.5. The standard InChI is InChI=1S/C22H15ClF3N3O5S/c1-34-17-7-6-16(28-35(32,33)13-4-5-15(23)14(9-13)22(24,25)26)18-19(17)21(31)29(20(18)30)11-12-3-2-8-27-10-12/h2-10,28H,11H2,1H3. The van der Waals surface area contributed by atoms with Crippen molar-refractivity contribution in [1.29, 1.82) is 0 Å². The number of sulfonamides is 1. The van der Waals surface area contributed by atoms with Crippen LogP contribution in [-0.4, -0.2) is 37.2 Å². The molecule has 2 heterocycles. The second-order valence-electron chi connectivity index (χ2n) is 7.37. The van der Waals surface area contributed by atoms with Gasteiger partial charge in [0.15, 0.2) is 0 Å². The number of aromatic nitrogens is 1. The molecule has 1 aliphatic rings. The van der Waals surface area contributed by atoms with Gasteiger partial charge in [-0.1, -0.05) is 17.7 Å². The molecule has 1 aromatic heterocycles. The van der Waals surface area contributed by atoms with E-state index in [4.69, 9.17) is 16.3 Å². The predicted octanol–water partition coefficient (Wildman–Crippen LogP) is 4.36. The Balaban J connectivity index is 1.75. The first-order chi connectivity index (χ1) is 16.4. The Bertz CT molecular complexity index is 1450. The summed E-state index contributed by atoms with van der Waals surface area (Å²) in [6, 6.07) is 7.82. The number of hydrogen-bond donors (Lipinski definition) is 1. The molecular formula is C22H15ClF3N3O5S. The average Bonchev–Trinajstić information content (AvgIpc) is 3.05. The molecule has 0 atom stereocenters. The second kappa shape index (κ2) is 8.86. The quantitative estimate of drug-likeness (QED) is 0.479. The summed E-state index contributed by atoms with van der Waals surface area (Å²) in [5.74, 6) is -1.50. The van der Waals surface area contributed by atoms with Crippen LogP contribution in [0.1, 0.15) is 31.8 Å². The molecule has 0 aliphatic carbocycles. The lowest BCUT2D eigenvalue weighted by atomic mass is 10.1. The third-order valence-corrected chi connectivity index (χ3v) is 6.86. The molecule has 0 saturated heterocycles. The molecule has 2 aromatic carbocycles. The molecule has 13 heteroatoms. The Morgan fingerprint density at radius 3 is 2.43 bits per heavy atom. The predicted molar refractivity (Wildman–Crippen MR) is 119 cm³/mol. The summed E-state index contributed by atoms with van der Waals surface area (Å²) in [5.41, 5.74) is -1.54. The van der Waals surface area contributed by atoms with Crippen molar-refractivity contribution in [2.24, 2.45) is 0 Å². The highest BCUT2D eigenvalue weighted by atomic mass is 35.5. The zero-order valence-corrected chi connectivity index (χ0v) is 19.3. The number of methoxy groups -OCH3 is 1. The van der Waals surface area contributed by atoms with Crippen molar-refractivity contribution in [2.75, 3.05) is 11.8 Å². The minimum Gasteiger partial charge on any atom is -0.496 e. The van der Waals surface area contributed by atoms with Crippen LogP contribution in [0.15, 0.2) is 59.8 Å². The van der Waals surface area contributed by atoms with Crippen molar-refractivity contribution in [3.05, 3.63) is 82.1 Å². The van der Waals surface area contributed by atoms with Crippen LogP contribution in [0.25, 0.3) is 0 Å². The molecule has 35 heavy (non-hydrogen) atoms. The van der Waals surface area contributed by atoms with E-state index in [2.05, 4.69) is 9.71 Å². The molecule has 0 radical (unpaired) electrons. The van der Waals surface area contributed by atoms with E-state index in [1.165, 1.54) is 31.6 Å². The first-order valence-electron chi connectivity index (χ1n) is 9.79. The van der Waals surface area contributed by atoms with Crippen LogP contribution < -0.4 is 9.46 Å². The lowest BCUT2D eigenvalue weighted by Crippen LogP contribution is -2.29. The third-order valence-electron chi connectivity index (χ3n) is 5.17. The number of carbonyl (C=O) groups excluding carboxylic acids is 2. The largest absolute Gasteiger partial charge is 0.496 e. The Kier molecular flexibility index (Phi) is 6.20. The van der Waals surface area contributed by atoms with Gasteiger partial charge in [-0.2, -0.15) is 13.2 Å². The highest BCUT2D eigenvalue weighted by Crippen LogP contribution is 2.39. The highest BCUT2D eigenvalue weighted by Gasteiger charge is 2.41. The van der Waals surface area contributed by atoms with E-state index in [0.717, 1.165) is 17.0 Å². The van der Waals surface area contributed by atoms with Crippen molar-refractivity contribution in [2.45, 2.75) is 17.6 Å². The van der Waals surface area contributed by atoms with Gasteiger partial charge in [-0.25, -0.2) is 8.42 Å². The summed E-state index contributed by atoms with van der Waals surface area (Å²) in [6.07, 6.45) is -1.91. The van der Waals surface area contributed by atoms with Gasteiger partial charge in [-0.3, -0.25) is 24.2 Å². The van der Waals surface area contributed by atoms with Crippen LogP contribution in [-0.2, 0) is 22.7 Å². The van der Waals surface area contributed by atoms with Crippen molar-refractivity contribution in [3.8, 4) is 5.75 Å². The summed E-state index contributed by atoms with van der Waals surface area (Å²) >= 11 is 5.58. The molecule has 4 rings (SSSR count). The van der Waals surface area contributed by atoms with Crippen molar-refractivity contribution < 1.29 is 35.9 Å². The SMILES string of the molecule is COc1ccc(NS(=O)(=O)c2ccc(Cl)c(C(F)(F)F)c2)c2c1C(=O)N(Cc1cccnc1)C2=O. The maximum atomic E-state index is 13.2. The van der Waals surface area contributed by atoms with E-state index in [-0.39, 0.29) is 29.1 Å². The van der Waals surface area contributed by atoms with E-state index in [0.29, 0.717) is 11.6 Å². The van der Waals surface area contributed by atoms with Crippen molar-refractivity contribution in [3.63, 3.8) is 0 Å². The number of nitrogens with zero attached hydrogens (tertiary/aromatic N) is 2. The maximum absolute atomic E-state index is 13.2. The number of benzene rings is 2. The van der Waals surface area contributed by atoms with Gasteiger partial charge in [-0.05, 0) is 42.0 Å². The molecule has 8 nitrogen and oxygen atoms in total. The van der Waals surface area contributed by atoms with Crippen molar-refractivity contribution >= 4 is 39.1 Å². The molecule has 1 aliphatic heterocycles. The number of pyridine rings is 1. The van der Waals surface area contributed by atoms with Gasteiger partial charge in [0.25, 0.3) is 21.8 Å². The monoisotopic (exact) mass is 525 g/mol. The number of hydrogen-bond acceptors (Lipinski definition) is 6. The van der Waals surface area contributed by atoms with Crippen LogP contribution >= 0.6 is 11.6 Å². The van der Waals surface area contributed by atoms with Crippen LogP contribution in [0.5, 0.6) is 5.75 Å². The number of amides is 2. The molecule has 1 N–H and O–H groups in total. The number of nitrogens with one attached hydrogen (secondary N) is 1. The van der Waals surface area contributed by atoms with Crippen LogP contribution in [0.3, 0.4) is 0 Å². The molecule has 0 bridgehead atoms. The first-order valence-corrected chi connectivity index (χ1v) is 11.7. The fourth-order valence-corrected chi connectivity index (χ4v) is 4.87. The Morgan fingerprint density at radius 1 is 1.09 bits per heavy atom. The number of alkyl halides is 3. The summed E-state index contributed by atoms with van der Waals surface area (Å²) in [7, 11) is -3.34. The van der Waals surface area contributed by atoms with Gasteiger partial charge in [0.05, 0.1) is 46.0 Å². The van der Waals surface area contributed by atoms with Gasteiger partial charge in [0.2, 0.25) is 0 Å². The van der Waals surface area contributed by atoms with Gasteiger partial charge in [0, 0.05) is 12.4 Å². The van der Waals surface area contributed by atoms with E-state index in [1.807, 2.05) is 0 Å². The minimum atomic E-state index is -4.89. The number of carbonyl (C=O) groups is 2. The molecule has 0 fully saturated rings. The second-order valence-corrected chi connectivity index (χ2v) is 9.46. The molecule has 0 spiro atoms. The first kappa shape index (κ1) is 24.5. The summed E-state index contributed by atoms with van der Waals surface area (Å²) in [5, 5.41) is -0.673. The third kappa shape index (κ3) is 4.54. The normalized spacial score (nSPS) is 13.7. The molecule has 0 unspecified atom stereocenters. The van der Waals surface area contributed by atoms with Crippen LogP contribution in [0, 0.1) is 0 Å². The number of fused-ring (bicyclic) bond motifs is 1.